The zero-order valence-electron chi connectivity index (χ0n) is 18.1. The van der Waals surface area contributed by atoms with Crippen LogP contribution in [0.1, 0.15) is 24.5 Å². The van der Waals surface area contributed by atoms with Crippen molar-refractivity contribution >= 4 is 34.8 Å². The third-order valence-corrected chi connectivity index (χ3v) is 4.59. The molecule has 10 heteroatoms. The largest absolute Gasteiger partial charge is 0.452 e. The number of carbonyl (C=O) groups is 3. The Balaban J connectivity index is 1.74. The molecule has 0 radical (unpaired) electrons. The molecule has 2 aromatic rings. The summed E-state index contributed by atoms with van der Waals surface area (Å²) >= 11 is 0. The van der Waals surface area contributed by atoms with Gasteiger partial charge in [-0.05, 0) is 38.0 Å². The van der Waals surface area contributed by atoms with Gasteiger partial charge in [0.25, 0.3) is 11.6 Å². The van der Waals surface area contributed by atoms with Gasteiger partial charge in [-0.1, -0.05) is 30.3 Å². The lowest BCUT2D eigenvalue weighted by molar-refractivity contribution is -0.384. The van der Waals surface area contributed by atoms with E-state index in [9.17, 15) is 24.5 Å². The van der Waals surface area contributed by atoms with E-state index in [1.165, 1.54) is 19.1 Å². The van der Waals surface area contributed by atoms with Gasteiger partial charge in [0.05, 0.1) is 17.9 Å². The highest BCUT2D eigenvalue weighted by molar-refractivity contribution is 5.96. The van der Waals surface area contributed by atoms with Crippen molar-refractivity contribution in [3.05, 3.63) is 63.7 Å². The Kier molecular flexibility index (Phi) is 8.70. The van der Waals surface area contributed by atoms with Crippen molar-refractivity contribution in [3.63, 3.8) is 0 Å². The van der Waals surface area contributed by atoms with Gasteiger partial charge in [0, 0.05) is 18.3 Å². The molecule has 0 aromatic heterocycles. The fourth-order valence-corrected chi connectivity index (χ4v) is 2.90. The molecule has 170 valence electrons. The van der Waals surface area contributed by atoms with Gasteiger partial charge in [0.15, 0.2) is 6.10 Å². The Bertz CT molecular complexity index is 987. The smallest absolute Gasteiger partial charge is 0.308 e. The van der Waals surface area contributed by atoms with Crippen LogP contribution in [0.15, 0.2) is 42.5 Å². The minimum absolute atomic E-state index is 0.0935. The molecule has 0 aliphatic heterocycles. The van der Waals surface area contributed by atoms with E-state index < -0.39 is 28.8 Å². The Morgan fingerprint density at radius 2 is 1.72 bits per heavy atom. The summed E-state index contributed by atoms with van der Waals surface area (Å²) in [4.78, 5) is 46.7. The second kappa shape index (κ2) is 11.4. The number of benzene rings is 2. The van der Waals surface area contributed by atoms with Crippen LogP contribution in [0.3, 0.4) is 0 Å². The van der Waals surface area contributed by atoms with Crippen LogP contribution in [0.25, 0.3) is 0 Å². The highest BCUT2D eigenvalue weighted by Gasteiger charge is 2.19. The molecule has 32 heavy (non-hydrogen) atoms. The zero-order chi connectivity index (χ0) is 23.7. The highest BCUT2D eigenvalue weighted by Crippen LogP contribution is 2.23. The number of amides is 2. The number of nitrogens with zero attached hydrogens (tertiary/aromatic N) is 1. The maximum absolute atomic E-state index is 12.1. The van der Waals surface area contributed by atoms with Crippen molar-refractivity contribution in [1.29, 1.82) is 0 Å². The van der Waals surface area contributed by atoms with E-state index in [0.717, 1.165) is 11.1 Å². The van der Waals surface area contributed by atoms with Crippen molar-refractivity contribution in [3.8, 4) is 0 Å². The van der Waals surface area contributed by atoms with Crippen LogP contribution >= 0.6 is 0 Å². The lowest BCUT2D eigenvalue weighted by Gasteiger charge is -2.15. The standard InChI is InChI=1S/C22H26N4O6/c1-14-7-6-8-15(2)21(14)25-19(27)13-24-22(29)16(3)32-20(28)11-12-23-17-9-4-5-10-18(17)26(30)31/h4-10,16,23H,11-13H2,1-3H3,(H,24,29)(H,25,27). The molecular formula is C22H26N4O6. The zero-order valence-corrected chi connectivity index (χ0v) is 18.1. The third kappa shape index (κ3) is 7.08. The Hall–Kier alpha value is -3.95. The molecule has 0 bridgehead atoms. The quantitative estimate of drug-likeness (QED) is 0.292. The van der Waals surface area contributed by atoms with Crippen molar-refractivity contribution < 1.29 is 24.0 Å². The Morgan fingerprint density at radius 1 is 1.06 bits per heavy atom. The predicted molar refractivity (Wildman–Crippen MR) is 119 cm³/mol. The second-order valence-corrected chi connectivity index (χ2v) is 7.12. The first-order valence-electron chi connectivity index (χ1n) is 9.99. The number of carbonyl (C=O) groups excluding carboxylic acids is 3. The SMILES string of the molecule is Cc1cccc(C)c1NC(=O)CNC(=O)C(C)OC(=O)CCNc1ccccc1[N+](=O)[O-]. The van der Waals surface area contributed by atoms with E-state index in [2.05, 4.69) is 16.0 Å². The number of esters is 1. The van der Waals surface area contributed by atoms with E-state index in [1.54, 1.807) is 12.1 Å². The predicted octanol–water partition coefficient (Wildman–Crippen LogP) is 2.70. The summed E-state index contributed by atoms with van der Waals surface area (Å²) in [5.41, 5.74) is 2.68. The topological polar surface area (TPSA) is 140 Å². The minimum Gasteiger partial charge on any atom is -0.452 e. The van der Waals surface area contributed by atoms with E-state index >= 15 is 0 Å². The third-order valence-electron chi connectivity index (χ3n) is 4.59. The van der Waals surface area contributed by atoms with Gasteiger partial charge in [0.2, 0.25) is 5.91 Å². The first-order valence-corrected chi connectivity index (χ1v) is 9.99. The first-order chi connectivity index (χ1) is 15.2. The van der Waals surface area contributed by atoms with Crippen molar-refractivity contribution in [2.75, 3.05) is 23.7 Å². The molecule has 1 atom stereocenters. The molecule has 2 rings (SSSR count). The van der Waals surface area contributed by atoms with Crippen LogP contribution < -0.4 is 16.0 Å². The van der Waals surface area contributed by atoms with E-state index in [-0.39, 0.29) is 30.9 Å². The van der Waals surface area contributed by atoms with Gasteiger partial charge in [0.1, 0.15) is 5.69 Å². The molecule has 0 spiro atoms. The number of aryl methyl sites for hydroxylation is 2. The summed E-state index contributed by atoms with van der Waals surface area (Å²) in [5.74, 6) is -1.66. The van der Waals surface area contributed by atoms with Crippen LogP contribution in [-0.4, -0.2) is 41.9 Å². The van der Waals surface area contributed by atoms with Crippen LogP contribution in [0.5, 0.6) is 0 Å². The average molecular weight is 442 g/mol. The summed E-state index contributed by atoms with van der Waals surface area (Å²) < 4.78 is 5.06. The normalized spacial score (nSPS) is 11.2. The van der Waals surface area contributed by atoms with Gasteiger partial charge >= 0.3 is 5.97 Å². The molecule has 0 aliphatic rings. The Labute approximate surface area is 185 Å². The number of nitro benzene ring substituents is 1. The number of hydrogen-bond donors (Lipinski definition) is 3. The van der Waals surface area contributed by atoms with Gasteiger partial charge in [-0.3, -0.25) is 24.5 Å². The van der Waals surface area contributed by atoms with E-state index in [1.807, 2.05) is 32.0 Å². The van der Waals surface area contributed by atoms with Gasteiger partial charge < -0.3 is 20.7 Å². The molecule has 0 aliphatic carbocycles. The van der Waals surface area contributed by atoms with Crippen molar-refractivity contribution in [2.45, 2.75) is 33.3 Å². The van der Waals surface area contributed by atoms with E-state index in [4.69, 9.17) is 4.74 Å². The average Bonchev–Trinajstić information content (AvgIpc) is 2.74. The number of anilines is 2. The van der Waals surface area contributed by atoms with Gasteiger partial charge in [-0.2, -0.15) is 0 Å². The summed E-state index contributed by atoms with van der Waals surface area (Å²) in [6.07, 6.45) is -1.20. The molecule has 2 amide bonds. The highest BCUT2D eigenvalue weighted by atomic mass is 16.6. The van der Waals surface area contributed by atoms with Gasteiger partial charge in [-0.15, -0.1) is 0 Å². The van der Waals surface area contributed by atoms with Crippen molar-refractivity contribution in [1.82, 2.24) is 5.32 Å². The molecule has 2 aromatic carbocycles. The molecule has 0 heterocycles. The second-order valence-electron chi connectivity index (χ2n) is 7.12. The van der Waals surface area contributed by atoms with E-state index in [0.29, 0.717) is 5.69 Å². The number of nitrogens with one attached hydrogen (secondary N) is 3. The van der Waals surface area contributed by atoms with Crippen LogP contribution in [0.4, 0.5) is 17.1 Å². The maximum Gasteiger partial charge on any atom is 0.308 e. The van der Waals surface area contributed by atoms with Crippen LogP contribution in [0.2, 0.25) is 0 Å². The Morgan fingerprint density at radius 3 is 2.38 bits per heavy atom. The molecule has 0 saturated heterocycles. The maximum atomic E-state index is 12.1. The summed E-state index contributed by atoms with van der Waals surface area (Å²) in [7, 11) is 0. The number of rotatable bonds is 10. The fourth-order valence-electron chi connectivity index (χ4n) is 2.90. The number of para-hydroxylation sites is 3. The molecule has 0 saturated carbocycles. The molecular weight excluding hydrogens is 416 g/mol. The van der Waals surface area contributed by atoms with Gasteiger partial charge in [-0.25, -0.2) is 0 Å². The number of nitro groups is 1. The lowest BCUT2D eigenvalue weighted by atomic mass is 10.1. The number of ether oxygens (including phenoxy) is 1. The number of hydrogen-bond acceptors (Lipinski definition) is 7. The molecule has 0 fully saturated rings. The first kappa shape index (κ1) is 24.3. The summed E-state index contributed by atoms with van der Waals surface area (Å²) in [6, 6.07) is 11.7. The molecule has 1 unspecified atom stereocenters. The van der Waals surface area contributed by atoms with Crippen LogP contribution in [0, 0.1) is 24.0 Å². The fraction of sp³-hybridized carbons (Fsp3) is 0.318. The molecule has 10 nitrogen and oxygen atoms in total. The summed E-state index contributed by atoms with van der Waals surface area (Å²) in [5, 5.41) is 19.0. The molecule has 3 N–H and O–H groups in total. The van der Waals surface area contributed by atoms with Crippen molar-refractivity contribution in [2.24, 2.45) is 0 Å². The summed E-state index contributed by atoms with van der Waals surface area (Å²) in [6.45, 7) is 4.96. The van der Waals surface area contributed by atoms with Crippen LogP contribution in [-0.2, 0) is 19.1 Å². The minimum atomic E-state index is -1.10. The lowest BCUT2D eigenvalue weighted by Crippen LogP contribution is -2.40. The monoisotopic (exact) mass is 442 g/mol.